The van der Waals surface area contributed by atoms with Gasteiger partial charge in [0.1, 0.15) is 16.9 Å². The van der Waals surface area contributed by atoms with Gasteiger partial charge in [0.15, 0.2) is 0 Å². The molecule has 5 heteroatoms. The number of hydrogen-bond donors (Lipinski definition) is 1. The SMILES string of the molecule is CN1C2=C(Cc3cc(Oc4ccc(Cl)cc4)ccc32)SC1C=N. The second-order valence-electron chi connectivity index (χ2n) is 5.61. The summed E-state index contributed by atoms with van der Waals surface area (Å²) < 4.78 is 5.92. The largest absolute Gasteiger partial charge is 0.457 e. The number of benzene rings is 2. The molecular weight excluding hydrogens is 328 g/mol. The Morgan fingerprint density at radius 1 is 1.22 bits per heavy atom. The highest BCUT2D eigenvalue weighted by atomic mass is 35.5. The van der Waals surface area contributed by atoms with E-state index in [-0.39, 0.29) is 5.37 Å². The molecule has 2 aromatic rings. The van der Waals surface area contributed by atoms with E-state index < -0.39 is 0 Å². The number of nitrogens with zero attached hydrogens (tertiary/aromatic N) is 1. The van der Waals surface area contributed by atoms with Crippen molar-refractivity contribution in [3.8, 4) is 11.5 Å². The molecule has 0 fully saturated rings. The molecule has 2 aromatic carbocycles. The van der Waals surface area contributed by atoms with Crippen LogP contribution < -0.4 is 4.74 Å². The van der Waals surface area contributed by atoms with Crippen molar-refractivity contribution in [3.05, 3.63) is 63.5 Å². The third kappa shape index (κ3) is 2.52. The fraction of sp³-hybridized carbons (Fsp3) is 0.167. The lowest BCUT2D eigenvalue weighted by atomic mass is 10.1. The van der Waals surface area contributed by atoms with Gasteiger partial charge in [-0.2, -0.15) is 0 Å². The molecule has 116 valence electrons. The smallest absolute Gasteiger partial charge is 0.127 e. The van der Waals surface area contributed by atoms with Gasteiger partial charge in [-0.15, -0.1) is 0 Å². The third-order valence-electron chi connectivity index (χ3n) is 4.14. The highest BCUT2D eigenvalue weighted by molar-refractivity contribution is 8.04. The van der Waals surface area contributed by atoms with Gasteiger partial charge in [0.2, 0.25) is 0 Å². The van der Waals surface area contributed by atoms with Crippen LogP contribution in [0, 0.1) is 5.41 Å². The Morgan fingerprint density at radius 2 is 1.96 bits per heavy atom. The molecule has 1 aliphatic carbocycles. The lowest BCUT2D eigenvalue weighted by Crippen LogP contribution is -2.24. The molecule has 4 rings (SSSR count). The molecule has 1 heterocycles. The van der Waals surface area contributed by atoms with Crippen LogP contribution in [-0.2, 0) is 6.42 Å². The van der Waals surface area contributed by atoms with E-state index in [4.69, 9.17) is 21.7 Å². The van der Waals surface area contributed by atoms with Crippen LogP contribution in [0.1, 0.15) is 11.1 Å². The summed E-state index contributed by atoms with van der Waals surface area (Å²) in [7, 11) is 2.05. The summed E-state index contributed by atoms with van der Waals surface area (Å²) in [6, 6.07) is 13.6. The fourth-order valence-electron chi connectivity index (χ4n) is 3.04. The van der Waals surface area contributed by atoms with Gasteiger partial charge in [0.25, 0.3) is 0 Å². The Hall–Kier alpha value is -1.91. The van der Waals surface area contributed by atoms with E-state index in [0.29, 0.717) is 5.02 Å². The predicted molar refractivity (Wildman–Crippen MR) is 96.5 cm³/mol. The molecule has 0 amide bonds. The minimum atomic E-state index is 0.123. The van der Waals surface area contributed by atoms with Crippen LogP contribution >= 0.6 is 23.4 Å². The van der Waals surface area contributed by atoms with Crippen molar-refractivity contribution in [3.63, 3.8) is 0 Å². The van der Waals surface area contributed by atoms with Crippen molar-refractivity contribution in [1.29, 1.82) is 5.41 Å². The van der Waals surface area contributed by atoms with Crippen molar-refractivity contribution in [2.75, 3.05) is 7.05 Å². The topological polar surface area (TPSA) is 36.3 Å². The minimum absolute atomic E-state index is 0.123. The summed E-state index contributed by atoms with van der Waals surface area (Å²) in [6.07, 6.45) is 2.42. The van der Waals surface area contributed by atoms with Gasteiger partial charge in [-0.05, 0) is 48.0 Å². The molecule has 0 radical (unpaired) electrons. The summed E-state index contributed by atoms with van der Waals surface area (Å²) >= 11 is 7.66. The lowest BCUT2D eigenvalue weighted by molar-refractivity contribution is 0.482. The highest BCUT2D eigenvalue weighted by Gasteiger charge is 2.35. The maximum absolute atomic E-state index is 7.52. The molecular formula is C18H15ClN2OS. The number of ether oxygens (including phenoxy) is 1. The molecule has 0 saturated carbocycles. The van der Waals surface area contributed by atoms with Crippen molar-refractivity contribution in [2.24, 2.45) is 0 Å². The number of hydrogen-bond acceptors (Lipinski definition) is 4. The first-order valence-corrected chi connectivity index (χ1v) is 8.61. The maximum atomic E-state index is 7.52. The van der Waals surface area contributed by atoms with Crippen molar-refractivity contribution >= 4 is 35.3 Å². The lowest BCUT2D eigenvalue weighted by Gasteiger charge is -2.22. The first-order chi connectivity index (χ1) is 11.2. The van der Waals surface area contributed by atoms with Crippen LogP contribution in [0.15, 0.2) is 47.4 Å². The van der Waals surface area contributed by atoms with Crippen LogP contribution in [0.4, 0.5) is 0 Å². The van der Waals surface area contributed by atoms with Gasteiger partial charge >= 0.3 is 0 Å². The van der Waals surface area contributed by atoms with Crippen LogP contribution in [0.2, 0.25) is 5.02 Å². The molecule has 1 unspecified atom stereocenters. The van der Waals surface area contributed by atoms with Gasteiger partial charge < -0.3 is 15.0 Å². The normalized spacial score (nSPS) is 18.9. The molecule has 0 aromatic heterocycles. The van der Waals surface area contributed by atoms with Gasteiger partial charge in [-0.25, -0.2) is 0 Å². The third-order valence-corrected chi connectivity index (χ3v) is 5.70. The van der Waals surface area contributed by atoms with Crippen molar-refractivity contribution in [1.82, 2.24) is 4.90 Å². The summed E-state index contributed by atoms with van der Waals surface area (Å²) in [4.78, 5) is 3.53. The van der Waals surface area contributed by atoms with Crippen LogP contribution in [0.25, 0.3) is 5.70 Å². The number of rotatable bonds is 3. The summed E-state index contributed by atoms with van der Waals surface area (Å²) in [5, 5.41) is 8.35. The quantitative estimate of drug-likeness (QED) is 0.796. The molecule has 0 bridgehead atoms. The van der Waals surface area contributed by atoms with Crippen molar-refractivity contribution < 1.29 is 4.74 Å². The molecule has 1 atom stereocenters. The maximum Gasteiger partial charge on any atom is 0.127 e. The summed E-state index contributed by atoms with van der Waals surface area (Å²) in [6.45, 7) is 0. The average molecular weight is 343 g/mol. The number of allylic oxidation sites excluding steroid dienone is 1. The Balaban J connectivity index is 1.59. The molecule has 23 heavy (non-hydrogen) atoms. The van der Waals surface area contributed by atoms with Crippen LogP contribution in [0.5, 0.6) is 11.5 Å². The second-order valence-corrected chi connectivity index (χ2v) is 7.26. The summed E-state index contributed by atoms with van der Waals surface area (Å²) in [5.41, 5.74) is 3.79. The van der Waals surface area contributed by atoms with Gasteiger partial charge in [-0.1, -0.05) is 23.4 Å². The van der Waals surface area contributed by atoms with E-state index in [1.165, 1.54) is 27.9 Å². The zero-order chi connectivity index (χ0) is 16.0. The average Bonchev–Trinajstić information content (AvgIpc) is 3.05. The zero-order valence-electron chi connectivity index (χ0n) is 12.5. The van der Waals surface area contributed by atoms with Crippen LogP contribution in [0.3, 0.4) is 0 Å². The summed E-state index contributed by atoms with van der Waals surface area (Å²) in [5.74, 6) is 1.62. The number of nitrogens with one attached hydrogen (secondary N) is 1. The number of fused-ring (bicyclic) bond motifs is 2. The Bertz CT molecular complexity index is 816. The first kappa shape index (κ1) is 14.7. The van der Waals surface area contributed by atoms with Gasteiger partial charge in [-0.3, -0.25) is 0 Å². The van der Waals surface area contributed by atoms with E-state index >= 15 is 0 Å². The van der Waals surface area contributed by atoms with Crippen molar-refractivity contribution in [2.45, 2.75) is 11.8 Å². The molecule has 2 aliphatic rings. The van der Waals surface area contributed by atoms with Gasteiger partial charge in [0.05, 0.1) is 5.70 Å². The molecule has 0 spiro atoms. The number of halogens is 1. The monoisotopic (exact) mass is 342 g/mol. The molecule has 0 saturated heterocycles. The zero-order valence-corrected chi connectivity index (χ0v) is 14.1. The Kier molecular flexibility index (Phi) is 3.58. The molecule has 3 nitrogen and oxygen atoms in total. The minimum Gasteiger partial charge on any atom is -0.457 e. The van der Waals surface area contributed by atoms with Crippen LogP contribution in [-0.4, -0.2) is 23.5 Å². The first-order valence-electron chi connectivity index (χ1n) is 7.35. The highest BCUT2D eigenvalue weighted by Crippen LogP contribution is 2.49. The fourth-order valence-corrected chi connectivity index (χ4v) is 4.39. The van der Waals surface area contributed by atoms with E-state index in [9.17, 15) is 0 Å². The Morgan fingerprint density at radius 3 is 2.70 bits per heavy atom. The predicted octanol–water partition coefficient (Wildman–Crippen LogP) is 5.01. The second kappa shape index (κ2) is 5.62. The van der Waals surface area contributed by atoms with E-state index in [0.717, 1.165) is 17.9 Å². The Labute approximate surface area is 144 Å². The standard InChI is InChI=1S/C18H15ClN2OS/c1-21-17(10-20)23-16-9-11-8-14(6-7-15(11)18(16)21)22-13-4-2-12(19)3-5-13/h2-8,10,17,20H,9H2,1H3. The van der Waals surface area contributed by atoms with Gasteiger partial charge in [0, 0.05) is 35.2 Å². The number of thioether (sulfide) groups is 1. The van der Waals surface area contributed by atoms with E-state index in [1.54, 1.807) is 11.8 Å². The molecule has 1 N–H and O–H groups in total. The van der Waals surface area contributed by atoms with E-state index in [2.05, 4.69) is 24.1 Å². The van der Waals surface area contributed by atoms with E-state index in [1.807, 2.05) is 30.3 Å². The molecule has 1 aliphatic heterocycles.